The van der Waals surface area contributed by atoms with E-state index in [-0.39, 0.29) is 12.2 Å². The maximum atomic E-state index is 13.4. The minimum atomic E-state index is -1.56. The van der Waals surface area contributed by atoms with Crippen LogP contribution in [0.2, 0.25) is 0 Å². The van der Waals surface area contributed by atoms with Gasteiger partial charge in [-0.25, -0.2) is 8.78 Å². The first kappa shape index (κ1) is 16.2. The average Bonchev–Trinajstić information content (AvgIpc) is 3.35. The third-order valence-electron chi connectivity index (χ3n) is 4.17. The van der Waals surface area contributed by atoms with Gasteiger partial charge in [0.2, 0.25) is 11.8 Å². The van der Waals surface area contributed by atoms with Gasteiger partial charge in [-0.15, -0.1) is 0 Å². The van der Waals surface area contributed by atoms with Crippen molar-refractivity contribution < 1.29 is 23.5 Å². The molecule has 0 radical (unpaired) electrons. The van der Waals surface area contributed by atoms with E-state index in [1.165, 1.54) is 36.4 Å². The maximum absolute atomic E-state index is 13.4. The summed E-state index contributed by atoms with van der Waals surface area (Å²) < 4.78 is 26.3. The van der Waals surface area contributed by atoms with Gasteiger partial charge in [0, 0.05) is 17.8 Å². The van der Waals surface area contributed by atoms with Crippen molar-refractivity contribution in [1.29, 1.82) is 0 Å². The number of allylic oxidation sites excluding steroid dienone is 4. The SMILES string of the molecule is O=C(NC1=CC=C(O)C(F)C1)C1(C(=O)Nc2ccc(F)cc2)CC1. The molecule has 3 rings (SSSR count). The molecule has 126 valence electrons. The molecule has 1 fully saturated rings. The zero-order chi connectivity index (χ0) is 17.3. The molecule has 0 saturated heterocycles. The number of rotatable bonds is 4. The third-order valence-corrected chi connectivity index (χ3v) is 4.17. The fourth-order valence-electron chi connectivity index (χ4n) is 2.48. The summed E-state index contributed by atoms with van der Waals surface area (Å²) in [4.78, 5) is 24.8. The largest absolute Gasteiger partial charge is 0.509 e. The molecule has 3 N–H and O–H groups in total. The van der Waals surface area contributed by atoms with Gasteiger partial charge in [-0.1, -0.05) is 0 Å². The van der Waals surface area contributed by atoms with E-state index < -0.39 is 29.2 Å². The van der Waals surface area contributed by atoms with Crippen LogP contribution >= 0.6 is 0 Å². The molecule has 24 heavy (non-hydrogen) atoms. The van der Waals surface area contributed by atoms with Crippen molar-refractivity contribution in [3.8, 4) is 0 Å². The van der Waals surface area contributed by atoms with Gasteiger partial charge in [0.1, 0.15) is 17.0 Å². The molecule has 1 atom stereocenters. The molecular weight excluding hydrogens is 318 g/mol. The number of aliphatic hydroxyl groups is 1. The third kappa shape index (κ3) is 3.15. The molecule has 0 spiro atoms. The number of hydrogen-bond donors (Lipinski definition) is 3. The van der Waals surface area contributed by atoms with E-state index in [9.17, 15) is 23.5 Å². The highest BCUT2D eigenvalue weighted by Crippen LogP contribution is 2.47. The minimum Gasteiger partial charge on any atom is -0.509 e. The molecule has 2 aliphatic carbocycles. The van der Waals surface area contributed by atoms with E-state index in [4.69, 9.17) is 0 Å². The van der Waals surface area contributed by atoms with Crippen molar-refractivity contribution in [2.45, 2.75) is 25.4 Å². The van der Waals surface area contributed by atoms with E-state index in [1.807, 2.05) is 0 Å². The van der Waals surface area contributed by atoms with Crippen LogP contribution in [0, 0.1) is 11.2 Å². The molecule has 1 saturated carbocycles. The lowest BCUT2D eigenvalue weighted by molar-refractivity contribution is -0.133. The number of benzene rings is 1. The Morgan fingerprint density at radius 1 is 1.08 bits per heavy atom. The first-order chi connectivity index (χ1) is 11.4. The predicted octanol–water partition coefficient (Wildman–Crippen LogP) is 2.73. The van der Waals surface area contributed by atoms with Crippen LogP contribution in [-0.2, 0) is 9.59 Å². The fourth-order valence-corrected chi connectivity index (χ4v) is 2.48. The number of alkyl halides is 1. The van der Waals surface area contributed by atoms with Crippen LogP contribution in [0.5, 0.6) is 0 Å². The molecule has 5 nitrogen and oxygen atoms in total. The van der Waals surface area contributed by atoms with Crippen molar-refractivity contribution in [3.63, 3.8) is 0 Å². The Hall–Kier alpha value is -2.70. The molecular formula is C17H16F2N2O3. The summed E-state index contributed by atoms with van der Waals surface area (Å²) in [6.45, 7) is 0. The van der Waals surface area contributed by atoms with E-state index >= 15 is 0 Å². The lowest BCUT2D eigenvalue weighted by atomic mass is 10.0. The van der Waals surface area contributed by atoms with Gasteiger partial charge in [-0.3, -0.25) is 9.59 Å². The van der Waals surface area contributed by atoms with Gasteiger partial charge in [-0.2, -0.15) is 0 Å². The van der Waals surface area contributed by atoms with E-state index in [1.54, 1.807) is 0 Å². The van der Waals surface area contributed by atoms with Crippen LogP contribution in [0.3, 0.4) is 0 Å². The van der Waals surface area contributed by atoms with Crippen LogP contribution in [0.25, 0.3) is 0 Å². The van der Waals surface area contributed by atoms with Crippen LogP contribution in [0.15, 0.2) is 47.9 Å². The van der Waals surface area contributed by atoms with Gasteiger partial charge in [0.15, 0.2) is 6.17 Å². The summed E-state index contributed by atoms with van der Waals surface area (Å²) in [7, 11) is 0. The highest BCUT2D eigenvalue weighted by molar-refractivity contribution is 6.13. The van der Waals surface area contributed by atoms with Crippen molar-refractivity contribution in [2.24, 2.45) is 5.41 Å². The van der Waals surface area contributed by atoms with Crippen molar-refractivity contribution in [2.75, 3.05) is 5.32 Å². The average molecular weight is 334 g/mol. The fraction of sp³-hybridized carbons (Fsp3) is 0.294. The number of anilines is 1. The molecule has 1 unspecified atom stereocenters. The number of nitrogens with one attached hydrogen (secondary N) is 2. The monoisotopic (exact) mass is 334 g/mol. The first-order valence-electron chi connectivity index (χ1n) is 7.53. The highest BCUT2D eigenvalue weighted by Gasteiger charge is 2.56. The van der Waals surface area contributed by atoms with Gasteiger partial charge in [0.05, 0.1) is 0 Å². The van der Waals surface area contributed by atoms with E-state index in [2.05, 4.69) is 10.6 Å². The summed E-state index contributed by atoms with van der Waals surface area (Å²) in [5.74, 6) is -1.79. The summed E-state index contributed by atoms with van der Waals surface area (Å²) in [5.41, 5.74) is -0.482. The van der Waals surface area contributed by atoms with Crippen molar-refractivity contribution in [3.05, 3.63) is 53.7 Å². The van der Waals surface area contributed by atoms with Crippen LogP contribution < -0.4 is 10.6 Å². The standard InChI is InChI=1S/C17H16F2N2O3/c18-10-1-3-11(4-2-10)20-15(23)17(7-8-17)16(24)21-12-5-6-14(22)13(19)9-12/h1-6,13,22H,7-9H2,(H,20,23)(H,21,24). The number of amides is 2. The second kappa shape index (κ2) is 6.07. The number of hydrogen-bond acceptors (Lipinski definition) is 3. The first-order valence-corrected chi connectivity index (χ1v) is 7.53. The molecule has 1 aromatic rings. The molecule has 0 aromatic heterocycles. The summed E-state index contributed by atoms with van der Waals surface area (Å²) >= 11 is 0. The Balaban J connectivity index is 1.66. The second-order valence-electron chi connectivity index (χ2n) is 5.95. The number of carbonyl (C=O) groups is 2. The Morgan fingerprint density at radius 3 is 2.29 bits per heavy atom. The molecule has 2 amide bonds. The smallest absolute Gasteiger partial charge is 0.240 e. The normalized spacial score (nSPS) is 21.3. The van der Waals surface area contributed by atoms with Crippen molar-refractivity contribution in [1.82, 2.24) is 5.32 Å². The molecule has 0 aliphatic heterocycles. The number of halogens is 2. The van der Waals surface area contributed by atoms with Gasteiger partial charge < -0.3 is 15.7 Å². The quantitative estimate of drug-likeness (QED) is 0.741. The second-order valence-corrected chi connectivity index (χ2v) is 5.95. The Morgan fingerprint density at radius 2 is 1.71 bits per heavy atom. The minimum absolute atomic E-state index is 0.149. The summed E-state index contributed by atoms with van der Waals surface area (Å²) in [6, 6.07) is 5.24. The molecule has 0 heterocycles. The topological polar surface area (TPSA) is 78.4 Å². The van der Waals surface area contributed by atoms with Gasteiger partial charge >= 0.3 is 0 Å². The van der Waals surface area contributed by atoms with Crippen LogP contribution in [0.4, 0.5) is 14.5 Å². The van der Waals surface area contributed by atoms with Gasteiger partial charge in [0.25, 0.3) is 0 Å². The molecule has 2 aliphatic rings. The van der Waals surface area contributed by atoms with Crippen LogP contribution in [-0.4, -0.2) is 23.1 Å². The zero-order valence-corrected chi connectivity index (χ0v) is 12.7. The lowest BCUT2D eigenvalue weighted by Crippen LogP contribution is -2.40. The van der Waals surface area contributed by atoms with E-state index in [0.717, 1.165) is 0 Å². The molecule has 0 bridgehead atoms. The Labute approximate surface area is 137 Å². The predicted molar refractivity (Wildman–Crippen MR) is 83.1 cm³/mol. The van der Waals surface area contributed by atoms with Gasteiger partial charge in [-0.05, 0) is 49.3 Å². The molecule has 7 heteroatoms. The van der Waals surface area contributed by atoms with Crippen molar-refractivity contribution >= 4 is 17.5 Å². The zero-order valence-electron chi connectivity index (χ0n) is 12.7. The maximum Gasteiger partial charge on any atom is 0.240 e. The molecule has 1 aromatic carbocycles. The highest BCUT2D eigenvalue weighted by atomic mass is 19.1. The summed E-state index contributed by atoms with van der Waals surface area (Å²) in [6.07, 6.45) is 1.66. The Kier molecular flexibility index (Phi) is 4.09. The van der Waals surface area contributed by atoms with Crippen LogP contribution in [0.1, 0.15) is 19.3 Å². The number of carbonyl (C=O) groups excluding carboxylic acids is 2. The van der Waals surface area contributed by atoms with E-state index in [0.29, 0.717) is 24.2 Å². The number of aliphatic hydroxyl groups excluding tert-OH is 1. The lowest BCUT2D eigenvalue weighted by Gasteiger charge is -2.19. The Bertz CT molecular complexity index is 737. The summed E-state index contributed by atoms with van der Waals surface area (Å²) in [5, 5.41) is 14.4.